The maximum atomic E-state index is 9.39. The Bertz CT molecular complexity index is 424. The van der Waals surface area contributed by atoms with Crippen LogP contribution in [-0.2, 0) is 5.41 Å². The number of aliphatic hydroxyl groups excluding tert-OH is 1. The van der Waals surface area contributed by atoms with Gasteiger partial charge in [0.15, 0.2) is 0 Å². The molecule has 2 heterocycles. The van der Waals surface area contributed by atoms with Gasteiger partial charge in [-0.05, 0) is 29.5 Å². The van der Waals surface area contributed by atoms with Crippen LogP contribution < -0.4 is 5.32 Å². The number of rotatable bonds is 2. The third-order valence-corrected chi connectivity index (χ3v) is 3.33. The molecule has 1 aliphatic heterocycles. The third kappa shape index (κ3) is 1.95. The van der Waals surface area contributed by atoms with Crippen molar-refractivity contribution in [3.05, 3.63) is 29.5 Å². The van der Waals surface area contributed by atoms with Crippen molar-refractivity contribution in [1.29, 1.82) is 0 Å². The summed E-state index contributed by atoms with van der Waals surface area (Å²) < 4.78 is 0. The number of aromatic nitrogens is 1. The van der Waals surface area contributed by atoms with Crippen LogP contribution in [0.1, 0.15) is 38.3 Å². The quantitative estimate of drug-likeness (QED) is 0.801. The molecule has 0 radical (unpaired) electrons. The number of hydrogen-bond donors (Lipinski definition) is 2. The molecule has 1 aromatic rings. The minimum Gasteiger partial charge on any atom is -0.370 e. The number of nitrogens with zero attached hydrogens (tertiary/aromatic N) is 1. The van der Waals surface area contributed by atoms with Crippen molar-refractivity contribution in [3.63, 3.8) is 0 Å². The molecule has 86 valence electrons. The minimum atomic E-state index is -0.620. The van der Waals surface area contributed by atoms with Crippen LogP contribution in [0.3, 0.4) is 0 Å². The van der Waals surface area contributed by atoms with Gasteiger partial charge < -0.3 is 10.4 Å². The first kappa shape index (κ1) is 11.1. The van der Waals surface area contributed by atoms with Crippen molar-refractivity contribution < 1.29 is 5.11 Å². The number of nitrogens with one attached hydrogen (secondary N) is 1. The topological polar surface area (TPSA) is 45.2 Å². The third-order valence-electron chi connectivity index (χ3n) is 3.33. The lowest BCUT2D eigenvalue weighted by Crippen LogP contribution is -2.21. The van der Waals surface area contributed by atoms with Crippen molar-refractivity contribution in [3.8, 4) is 0 Å². The summed E-state index contributed by atoms with van der Waals surface area (Å²) in [5.41, 5.74) is 2.42. The zero-order valence-corrected chi connectivity index (χ0v) is 9.99. The summed E-state index contributed by atoms with van der Waals surface area (Å²) in [7, 11) is 0. The van der Waals surface area contributed by atoms with Crippen molar-refractivity contribution in [2.45, 2.75) is 38.8 Å². The summed E-state index contributed by atoms with van der Waals surface area (Å²) >= 11 is 0. The highest BCUT2D eigenvalue weighted by Crippen LogP contribution is 2.30. The van der Waals surface area contributed by atoms with Crippen molar-refractivity contribution >= 4 is 11.9 Å². The molecule has 0 fully saturated rings. The standard InChI is InChI=1S/C13H18N2O/c1-4-13(2,3)10-7-9-5-6-11(16)15-12(9)14-8-10/h5-8,11,16H,4H2,1-3H3,(H,14,15). The van der Waals surface area contributed by atoms with Crippen LogP contribution in [0.25, 0.3) is 6.08 Å². The van der Waals surface area contributed by atoms with Crippen LogP contribution in [0.15, 0.2) is 18.3 Å². The number of pyridine rings is 1. The van der Waals surface area contributed by atoms with Crippen molar-refractivity contribution in [1.82, 2.24) is 4.98 Å². The smallest absolute Gasteiger partial charge is 0.145 e. The average molecular weight is 218 g/mol. The van der Waals surface area contributed by atoms with Gasteiger partial charge in [0, 0.05) is 11.8 Å². The van der Waals surface area contributed by atoms with Crippen LogP contribution in [-0.4, -0.2) is 16.3 Å². The molecule has 1 atom stereocenters. The molecule has 0 spiro atoms. The Balaban J connectivity index is 2.39. The van der Waals surface area contributed by atoms with E-state index in [1.165, 1.54) is 5.56 Å². The Labute approximate surface area is 96.2 Å². The largest absolute Gasteiger partial charge is 0.370 e. The van der Waals surface area contributed by atoms with Gasteiger partial charge in [0.05, 0.1) is 0 Å². The van der Waals surface area contributed by atoms with Gasteiger partial charge in [-0.15, -0.1) is 0 Å². The molecular weight excluding hydrogens is 200 g/mol. The highest BCUT2D eigenvalue weighted by atomic mass is 16.3. The summed E-state index contributed by atoms with van der Waals surface area (Å²) in [6.07, 6.45) is 5.99. The molecule has 0 aromatic carbocycles. The normalized spacial score (nSPS) is 19.1. The fourth-order valence-corrected chi connectivity index (χ4v) is 1.69. The molecule has 0 saturated carbocycles. The molecule has 0 saturated heterocycles. The first-order chi connectivity index (χ1) is 7.53. The second-order valence-corrected chi connectivity index (χ2v) is 4.85. The van der Waals surface area contributed by atoms with Gasteiger partial charge in [-0.1, -0.05) is 26.8 Å². The summed E-state index contributed by atoms with van der Waals surface area (Å²) in [5, 5.41) is 12.3. The minimum absolute atomic E-state index is 0.145. The second kappa shape index (κ2) is 3.91. The zero-order valence-electron chi connectivity index (χ0n) is 9.99. The Morgan fingerprint density at radius 2 is 2.25 bits per heavy atom. The van der Waals surface area contributed by atoms with Crippen LogP contribution in [0.4, 0.5) is 5.82 Å². The van der Waals surface area contributed by atoms with E-state index in [0.717, 1.165) is 17.8 Å². The van der Waals surface area contributed by atoms with E-state index >= 15 is 0 Å². The molecular formula is C13H18N2O. The van der Waals surface area contributed by atoms with E-state index in [4.69, 9.17) is 0 Å². The van der Waals surface area contributed by atoms with Crippen molar-refractivity contribution in [2.24, 2.45) is 0 Å². The fourth-order valence-electron chi connectivity index (χ4n) is 1.69. The monoisotopic (exact) mass is 218 g/mol. The van der Waals surface area contributed by atoms with E-state index in [-0.39, 0.29) is 5.41 Å². The highest BCUT2D eigenvalue weighted by Gasteiger charge is 2.20. The molecule has 1 unspecified atom stereocenters. The van der Waals surface area contributed by atoms with Crippen LogP contribution >= 0.6 is 0 Å². The Kier molecular flexibility index (Phi) is 2.72. The maximum absolute atomic E-state index is 9.39. The van der Waals surface area contributed by atoms with Gasteiger partial charge in [-0.25, -0.2) is 4.98 Å². The van der Waals surface area contributed by atoms with E-state index in [2.05, 4.69) is 37.1 Å². The van der Waals surface area contributed by atoms with E-state index in [9.17, 15) is 5.11 Å². The molecule has 0 amide bonds. The van der Waals surface area contributed by atoms with E-state index in [1.54, 1.807) is 6.08 Å². The maximum Gasteiger partial charge on any atom is 0.145 e. The van der Waals surface area contributed by atoms with Gasteiger partial charge in [0.2, 0.25) is 0 Å². The molecule has 2 N–H and O–H groups in total. The van der Waals surface area contributed by atoms with E-state index in [1.807, 2.05) is 12.3 Å². The molecule has 1 aliphatic rings. The molecule has 0 bridgehead atoms. The second-order valence-electron chi connectivity index (χ2n) is 4.85. The predicted molar refractivity (Wildman–Crippen MR) is 66.2 cm³/mol. The van der Waals surface area contributed by atoms with E-state index in [0.29, 0.717) is 0 Å². The number of anilines is 1. The summed E-state index contributed by atoms with van der Waals surface area (Å²) in [6.45, 7) is 6.60. The Morgan fingerprint density at radius 1 is 1.50 bits per heavy atom. The first-order valence-corrected chi connectivity index (χ1v) is 5.66. The number of fused-ring (bicyclic) bond motifs is 1. The lowest BCUT2D eigenvalue weighted by molar-refractivity contribution is 0.251. The first-order valence-electron chi connectivity index (χ1n) is 5.66. The lowest BCUT2D eigenvalue weighted by atomic mass is 9.82. The number of hydrogen-bond acceptors (Lipinski definition) is 3. The molecule has 3 heteroatoms. The summed E-state index contributed by atoms with van der Waals surface area (Å²) in [5.74, 6) is 0.755. The SMILES string of the molecule is CCC(C)(C)c1cnc2c(c1)C=CC(O)N2. The number of aliphatic hydroxyl groups is 1. The van der Waals surface area contributed by atoms with Gasteiger partial charge in [-0.2, -0.15) is 0 Å². The summed E-state index contributed by atoms with van der Waals surface area (Å²) in [4.78, 5) is 4.36. The molecule has 3 nitrogen and oxygen atoms in total. The van der Waals surface area contributed by atoms with Crippen LogP contribution in [0, 0.1) is 0 Å². The lowest BCUT2D eigenvalue weighted by Gasteiger charge is -2.25. The van der Waals surface area contributed by atoms with Gasteiger partial charge in [0.1, 0.15) is 12.0 Å². The zero-order chi connectivity index (χ0) is 11.8. The van der Waals surface area contributed by atoms with Gasteiger partial charge in [0.25, 0.3) is 0 Å². The Hall–Kier alpha value is -1.35. The Morgan fingerprint density at radius 3 is 2.94 bits per heavy atom. The van der Waals surface area contributed by atoms with Gasteiger partial charge >= 0.3 is 0 Å². The van der Waals surface area contributed by atoms with Crippen LogP contribution in [0.5, 0.6) is 0 Å². The highest BCUT2D eigenvalue weighted by molar-refractivity contribution is 5.67. The fraction of sp³-hybridized carbons (Fsp3) is 0.462. The average Bonchev–Trinajstić information content (AvgIpc) is 2.28. The van der Waals surface area contributed by atoms with Crippen molar-refractivity contribution in [2.75, 3.05) is 5.32 Å². The summed E-state index contributed by atoms with van der Waals surface area (Å²) in [6, 6.07) is 2.14. The van der Waals surface area contributed by atoms with Gasteiger partial charge in [-0.3, -0.25) is 0 Å². The molecule has 2 rings (SSSR count). The van der Waals surface area contributed by atoms with E-state index < -0.39 is 6.23 Å². The van der Waals surface area contributed by atoms with Crippen LogP contribution in [0.2, 0.25) is 0 Å². The molecule has 1 aromatic heterocycles. The molecule has 0 aliphatic carbocycles. The molecule has 16 heavy (non-hydrogen) atoms. The predicted octanol–water partition coefficient (Wildman–Crippen LogP) is 2.53.